The second-order valence-electron chi connectivity index (χ2n) is 4.85. The Balaban J connectivity index is 0. The minimum absolute atomic E-state index is 0.750. The van der Waals surface area contributed by atoms with Crippen LogP contribution in [0.2, 0.25) is 0 Å². The van der Waals surface area contributed by atoms with E-state index in [0.717, 1.165) is 19.5 Å². The minimum Gasteiger partial charge on any atom is -0.331 e. The quantitative estimate of drug-likeness (QED) is 0.844. The third-order valence-electron chi connectivity index (χ3n) is 2.57. The van der Waals surface area contributed by atoms with Gasteiger partial charge < -0.3 is 11.1 Å². The van der Waals surface area contributed by atoms with Crippen molar-refractivity contribution >= 4 is 0 Å². The highest BCUT2D eigenvalue weighted by atomic mass is 14.8. The van der Waals surface area contributed by atoms with Gasteiger partial charge in [0.05, 0.1) is 0 Å². The van der Waals surface area contributed by atoms with Crippen molar-refractivity contribution in [2.75, 3.05) is 13.6 Å². The summed E-state index contributed by atoms with van der Waals surface area (Å²) in [6.07, 6.45) is 4.80. The van der Waals surface area contributed by atoms with Crippen molar-refractivity contribution in [3.8, 4) is 0 Å². The number of hydrogen-bond acceptors (Lipinski definition) is 2. The normalized spacial score (nSPS) is 9.15. The lowest BCUT2D eigenvalue weighted by molar-refractivity contribution is 0.792. The van der Waals surface area contributed by atoms with Gasteiger partial charge in [0.2, 0.25) is 0 Å². The van der Waals surface area contributed by atoms with Crippen LogP contribution in [0.15, 0.2) is 18.2 Å². The highest BCUT2D eigenvalue weighted by Gasteiger charge is 2.01. The summed E-state index contributed by atoms with van der Waals surface area (Å²) in [6, 6.07) is 6.88. The van der Waals surface area contributed by atoms with Gasteiger partial charge in [0.15, 0.2) is 0 Å². The average Bonchev–Trinajstić information content (AvgIpc) is 2.43. The van der Waals surface area contributed by atoms with Gasteiger partial charge >= 0.3 is 0 Å². The topological polar surface area (TPSA) is 38.0 Å². The molecule has 118 valence electrons. The fraction of sp³-hybridized carbons (Fsp3) is 0.667. The second-order valence-corrected chi connectivity index (χ2v) is 4.85. The van der Waals surface area contributed by atoms with Gasteiger partial charge in [-0.3, -0.25) is 0 Å². The van der Waals surface area contributed by atoms with Crippen molar-refractivity contribution in [3.05, 3.63) is 34.9 Å². The standard InChI is InChI=1S/C13H21N.C3H8.C2H7N/c1-4-6-12-8-7-11(5-2)9-13(12)10-14-3;1-3-2;1-2-3/h7-9,14H,4-6,10H2,1-3H3;3H2,1-2H3;2-3H2,1H3. The maximum atomic E-state index is 4.85. The molecule has 3 N–H and O–H groups in total. The Kier molecular flexibility index (Phi) is 17.4. The highest BCUT2D eigenvalue weighted by Crippen LogP contribution is 2.14. The van der Waals surface area contributed by atoms with Crippen molar-refractivity contribution in [1.29, 1.82) is 0 Å². The van der Waals surface area contributed by atoms with Crippen LogP contribution in [0.5, 0.6) is 0 Å². The number of nitrogens with two attached hydrogens (primary N) is 1. The van der Waals surface area contributed by atoms with E-state index in [1.165, 1.54) is 36.0 Å². The van der Waals surface area contributed by atoms with Gasteiger partial charge in [0.25, 0.3) is 0 Å². The zero-order chi connectivity index (χ0) is 15.8. The number of benzene rings is 1. The van der Waals surface area contributed by atoms with Gasteiger partial charge in [0.1, 0.15) is 0 Å². The Morgan fingerprint density at radius 1 is 1.00 bits per heavy atom. The van der Waals surface area contributed by atoms with Crippen molar-refractivity contribution in [1.82, 2.24) is 5.32 Å². The van der Waals surface area contributed by atoms with Crippen LogP contribution in [0.25, 0.3) is 0 Å². The molecule has 0 aromatic heterocycles. The monoisotopic (exact) mass is 280 g/mol. The van der Waals surface area contributed by atoms with Crippen LogP contribution in [0, 0.1) is 0 Å². The smallest absolute Gasteiger partial charge is 0.0205 e. The molecule has 2 heteroatoms. The van der Waals surface area contributed by atoms with E-state index in [9.17, 15) is 0 Å². The molecule has 0 spiro atoms. The molecule has 0 atom stereocenters. The van der Waals surface area contributed by atoms with Crippen molar-refractivity contribution < 1.29 is 0 Å². The van der Waals surface area contributed by atoms with Gasteiger partial charge in [-0.15, -0.1) is 0 Å². The first kappa shape index (κ1) is 21.4. The number of nitrogens with one attached hydrogen (secondary N) is 1. The molecular formula is C18H36N2. The molecule has 0 heterocycles. The fourth-order valence-corrected chi connectivity index (χ4v) is 1.77. The number of rotatable bonds is 5. The van der Waals surface area contributed by atoms with Crippen molar-refractivity contribution in [2.24, 2.45) is 5.73 Å². The third-order valence-corrected chi connectivity index (χ3v) is 2.57. The summed E-state index contributed by atoms with van der Waals surface area (Å²) in [5.41, 5.74) is 9.25. The van der Waals surface area contributed by atoms with Gasteiger partial charge in [-0.25, -0.2) is 0 Å². The van der Waals surface area contributed by atoms with Crippen LogP contribution in [0.1, 0.15) is 64.2 Å². The molecule has 2 nitrogen and oxygen atoms in total. The molecule has 0 amide bonds. The van der Waals surface area contributed by atoms with Crippen LogP contribution in [0.3, 0.4) is 0 Å². The maximum absolute atomic E-state index is 4.85. The molecule has 0 bridgehead atoms. The Morgan fingerprint density at radius 2 is 1.55 bits per heavy atom. The summed E-state index contributed by atoms with van der Waals surface area (Å²) in [6.45, 7) is 12.3. The summed E-state index contributed by atoms with van der Waals surface area (Å²) in [5, 5.41) is 3.23. The number of hydrogen-bond donors (Lipinski definition) is 2. The third kappa shape index (κ3) is 11.0. The van der Waals surface area contributed by atoms with Crippen LogP contribution in [-0.2, 0) is 19.4 Å². The Morgan fingerprint density at radius 3 is 1.95 bits per heavy atom. The van der Waals surface area contributed by atoms with E-state index in [1.807, 2.05) is 14.0 Å². The molecular weight excluding hydrogens is 244 g/mol. The highest BCUT2D eigenvalue weighted by molar-refractivity contribution is 5.32. The molecule has 1 aromatic carbocycles. The predicted octanol–water partition coefficient (Wildman–Crippen LogP) is 4.30. The van der Waals surface area contributed by atoms with E-state index >= 15 is 0 Å². The molecule has 1 aromatic rings. The molecule has 0 saturated carbocycles. The van der Waals surface area contributed by atoms with Gasteiger partial charge in [-0.05, 0) is 43.1 Å². The largest absolute Gasteiger partial charge is 0.331 e. The summed E-state index contributed by atoms with van der Waals surface area (Å²) in [7, 11) is 2.01. The average molecular weight is 280 g/mol. The molecule has 0 fully saturated rings. The summed E-state index contributed by atoms with van der Waals surface area (Å²) in [4.78, 5) is 0. The first-order valence-corrected chi connectivity index (χ1v) is 8.10. The lowest BCUT2D eigenvalue weighted by Crippen LogP contribution is -2.08. The van der Waals surface area contributed by atoms with Crippen LogP contribution < -0.4 is 11.1 Å². The summed E-state index contributed by atoms with van der Waals surface area (Å²) in [5.74, 6) is 0. The van der Waals surface area contributed by atoms with E-state index < -0.39 is 0 Å². The minimum atomic E-state index is 0.750. The molecule has 0 aliphatic heterocycles. The molecule has 20 heavy (non-hydrogen) atoms. The SMILES string of the molecule is CCC.CCCc1ccc(CC)cc1CNC.CCN. The zero-order valence-corrected chi connectivity index (χ0v) is 14.6. The predicted molar refractivity (Wildman–Crippen MR) is 93.3 cm³/mol. The van der Waals surface area contributed by atoms with Gasteiger partial charge in [-0.1, -0.05) is 65.7 Å². The van der Waals surface area contributed by atoms with Gasteiger partial charge in [-0.2, -0.15) is 0 Å². The fourth-order valence-electron chi connectivity index (χ4n) is 1.77. The van der Waals surface area contributed by atoms with Gasteiger partial charge in [0, 0.05) is 6.54 Å². The zero-order valence-electron chi connectivity index (χ0n) is 14.6. The molecule has 0 aliphatic rings. The van der Waals surface area contributed by atoms with Crippen LogP contribution in [-0.4, -0.2) is 13.6 Å². The maximum Gasteiger partial charge on any atom is 0.0205 e. The van der Waals surface area contributed by atoms with Crippen LogP contribution in [0.4, 0.5) is 0 Å². The van der Waals surface area contributed by atoms with E-state index in [0.29, 0.717) is 0 Å². The van der Waals surface area contributed by atoms with Crippen LogP contribution >= 0.6 is 0 Å². The molecule has 1 rings (SSSR count). The molecule has 0 radical (unpaired) electrons. The van der Waals surface area contributed by atoms with E-state index in [4.69, 9.17) is 5.73 Å². The first-order chi connectivity index (χ1) is 9.64. The van der Waals surface area contributed by atoms with E-state index in [-0.39, 0.29) is 0 Å². The molecule has 0 aliphatic carbocycles. The number of aryl methyl sites for hydroxylation is 2. The summed E-state index contributed by atoms with van der Waals surface area (Å²) < 4.78 is 0. The van der Waals surface area contributed by atoms with E-state index in [1.54, 1.807) is 0 Å². The lowest BCUT2D eigenvalue weighted by Gasteiger charge is -2.10. The second kappa shape index (κ2) is 16.2. The Bertz CT molecular complexity index is 306. The molecule has 0 saturated heterocycles. The Hall–Kier alpha value is -0.860. The molecule has 0 unspecified atom stereocenters. The Labute approximate surface area is 127 Å². The van der Waals surface area contributed by atoms with Crippen molar-refractivity contribution in [2.45, 2.75) is 66.8 Å². The van der Waals surface area contributed by atoms with Crippen molar-refractivity contribution in [3.63, 3.8) is 0 Å². The van der Waals surface area contributed by atoms with E-state index in [2.05, 4.69) is 51.2 Å². The summed E-state index contributed by atoms with van der Waals surface area (Å²) >= 11 is 0. The first-order valence-electron chi connectivity index (χ1n) is 8.10. The lowest BCUT2D eigenvalue weighted by atomic mass is 9.99.